The van der Waals surface area contributed by atoms with Gasteiger partial charge in [0.25, 0.3) is 5.56 Å². The predicted octanol–water partition coefficient (Wildman–Crippen LogP) is 2.49. The van der Waals surface area contributed by atoms with Gasteiger partial charge in [0.05, 0.1) is 17.1 Å². The van der Waals surface area contributed by atoms with Gasteiger partial charge in [0.2, 0.25) is 0 Å². The summed E-state index contributed by atoms with van der Waals surface area (Å²) < 4.78 is 4.30. The second-order valence-electron chi connectivity index (χ2n) is 7.50. The van der Waals surface area contributed by atoms with E-state index in [1.54, 1.807) is 25.3 Å². The fourth-order valence-corrected chi connectivity index (χ4v) is 3.83. The number of fused-ring (bicyclic) bond motifs is 1. The van der Waals surface area contributed by atoms with Crippen molar-refractivity contribution in [2.45, 2.75) is 13.0 Å². The van der Waals surface area contributed by atoms with Gasteiger partial charge in [0, 0.05) is 26.8 Å². The Kier molecular flexibility index (Phi) is 4.95. The SMILES string of the molecule is CC(c1ccc(-n2cnc3ccccc32)cc1)N(C)c1c(C#N)c(=O)n(C)c(=O)n1C. The lowest BCUT2D eigenvalue weighted by atomic mass is 10.1. The molecule has 1 atom stereocenters. The molecule has 4 rings (SSSR count). The van der Waals surface area contributed by atoms with Crippen molar-refractivity contribution in [2.24, 2.45) is 14.1 Å². The molecule has 4 aromatic rings. The molecule has 0 spiro atoms. The first kappa shape index (κ1) is 20.2. The van der Waals surface area contributed by atoms with Gasteiger partial charge in [0.1, 0.15) is 18.2 Å². The average Bonchev–Trinajstić information content (AvgIpc) is 3.23. The van der Waals surface area contributed by atoms with Gasteiger partial charge in [-0.1, -0.05) is 24.3 Å². The summed E-state index contributed by atoms with van der Waals surface area (Å²) in [6, 6.07) is 17.7. The Morgan fingerprint density at radius 3 is 2.39 bits per heavy atom. The van der Waals surface area contributed by atoms with E-state index < -0.39 is 11.2 Å². The molecule has 156 valence electrons. The number of imidazole rings is 1. The maximum atomic E-state index is 12.4. The van der Waals surface area contributed by atoms with Crippen molar-refractivity contribution in [1.29, 1.82) is 5.26 Å². The molecule has 2 heterocycles. The highest BCUT2D eigenvalue weighted by Crippen LogP contribution is 2.27. The summed E-state index contributed by atoms with van der Waals surface area (Å²) in [5.74, 6) is 0.299. The van der Waals surface area contributed by atoms with Crippen molar-refractivity contribution in [3.8, 4) is 11.8 Å². The maximum Gasteiger partial charge on any atom is 0.332 e. The van der Waals surface area contributed by atoms with E-state index >= 15 is 0 Å². The van der Waals surface area contributed by atoms with Crippen molar-refractivity contribution in [3.05, 3.63) is 86.8 Å². The molecule has 0 radical (unpaired) electrons. The average molecular weight is 414 g/mol. The normalized spacial score (nSPS) is 12.0. The van der Waals surface area contributed by atoms with Crippen LogP contribution in [0.1, 0.15) is 24.1 Å². The summed E-state index contributed by atoms with van der Waals surface area (Å²) in [5.41, 5.74) is 2.78. The van der Waals surface area contributed by atoms with Crippen molar-refractivity contribution in [3.63, 3.8) is 0 Å². The van der Waals surface area contributed by atoms with Crippen LogP contribution in [0.5, 0.6) is 0 Å². The number of hydrogen-bond acceptors (Lipinski definition) is 5. The van der Waals surface area contributed by atoms with Crippen LogP contribution in [-0.2, 0) is 14.1 Å². The lowest BCUT2D eigenvalue weighted by molar-refractivity contribution is 0.639. The lowest BCUT2D eigenvalue weighted by Crippen LogP contribution is -2.42. The summed E-state index contributed by atoms with van der Waals surface area (Å²) >= 11 is 0. The Labute approximate surface area is 178 Å². The van der Waals surface area contributed by atoms with E-state index in [1.165, 1.54) is 11.6 Å². The summed E-state index contributed by atoms with van der Waals surface area (Å²) in [6.45, 7) is 1.96. The third-order valence-corrected chi connectivity index (χ3v) is 5.77. The molecule has 0 amide bonds. The van der Waals surface area contributed by atoms with E-state index in [0.29, 0.717) is 5.82 Å². The molecule has 0 saturated heterocycles. The standard InChI is InChI=1S/C23H22N6O2/c1-15(26(2)21-18(13-24)22(30)28(4)23(31)27(21)3)16-9-11-17(12-10-16)29-14-25-19-7-5-6-8-20(19)29/h5-12,14-15H,1-4H3. The zero-order valence-corrected chi connectivity index (χ0v) is 17.8. The van der Waals surface area contributed by atoms with Gasteiger partial charge < -0.3 is 4.90 Å². The van der Waals surface area contributed by atoms with Gasteiger partial charge in [0.15, 0.2) is 5.56 Å². The molecule has 1 unspecified atom stereocenters. The number of nitriles is 1. The number of benzene rings is 2. The fraction of sp³-hybridized carbons (Fsp3) is 0.217. The van der Waals surface area contributed by atoms with Crippen molar-refractivity contribution >= 4 is 16.9 Å². The van der Waals surface area contributed by atoms with Crippen molar-refractivity contribution in [1.82, 2.24) is 18.7 Å². The van der Waals surface area contributed by atoms with Crippen LogP contribution in [0, 0.1) is 11.3 Å². The summed E-state index contributed by atoms with van der Waals surface area (Å²) in [4.78, 5) is 31.1. The Balaban J connectivity index is 1.71. The molecule has 0 aliphatic heterocycles. The smallest absolute Gasteiger partial charge is 0.332 e. The summed E-state index contributed by atoms with van der Waals surface area (Å²) in [5, 5.41) is 9.55. The van der Waals surface area contributed by atoms with Crippen LogP contribution in [0.4, 0.5) is 5.82 Å². The van der Waals surface area contributed by atoms with Crippen LogP contribution >= 0.6 is 0 Å². The van der Waals surface area contributed by atoms with Gasteiger partial charge in [-0.05, 0) is 36.8 Å². The highest BCUT2D eigenvalue weighted by Gasteiger charge is 2.22. The summed E-state index contributed by atoms with van der Waals surface area (Å²) in [6.07, 6.45) is 1.80. The Bertz CT molecular complexity index is 1440. The van der Waals surface area contributed by atoms with Crippen LogP contribution in [0.25, 0.3) is 16.7 Å². The monoisotopic (exact) mass is 414 g/mol. The first-order valence-electron chi connectivity index (χ1n) is 9.80. The van der Waals surface area contributed by atoms with Gasteiger partial charge >= 0.3 is 5.69 Å². The molecule has 0 aliphatic rings. The maximum absolute atomic E-state index is 12.4. The largest absolute Gasteiger partial charge is 0.353 e. The zero-order valence-electron chi connectivity index (χ0n) is 17.8. The molecule has 2 aromatic carbocycles. The van der Waals surface area contributed by atoms with E-state index in [9.17, 15) is 14.9 Å². The molecule has 0 N–H and O–H groups in total. The number of anilines is 1. The second-order valence-corrected chi connectivity index (χ2v) is 7.50. The molecule has 0 fully saturated rings. The van der Waals surface area contributed by atoms with Crippen LogP contribution in [0.2, 0.25) is 0 Å². The van der Waals surface area contributed by atoms with Gasteiger partial charge in [-0.2, -0.15) is 5.26 Å². The van der Waals surface area contributed by atoms with E-state index in [-0.39, 0.29) is 11.6 Å². The number of aromatic nitrogens is 4. The molecule has 0 aliphatic carbocycles. The first-order valence-corrected chi connectivity index (χ1v) is 9.80. The van der Waals surface area contributed by atoms with Crippen LogP contribution < -0.4 is 16.1 Å². The highest BCUT2D eigenvalue weighted by atomic mass is 16.2. The first-order chi connectivity index (χ1) is 14.8. The van der Waals surface area contributed by atoms with Gasteiger partial charge in [-0.25, -0.2) is 9.78 Å². The Morgan fingerprint density at radius 2 is 1.71 bits per heavy atom. The number of hydrogen-bond donors (Lipinski definition) is 0. The molecule has 31 heavy (non-hydrogen) atoms. The number of para-hydroxylation sites is 2. The topological polar surface area (TPSA) is 88.8 Å². The third-order valence-electron chi connectivity index (χ3n) is 5.77. The lowest BCUT2D eigenvalue weighted by Gasteiger charge is -2.29. The molecule has 8 heteroatoms. The minimum atomic E-state index is -0.595. The zero-order chi connectivity index (χ0) is 22.3. The molecular formula is C23H22N6O2. The van der Waals surface area contributed by atoms with Gasteiger partial charge in [-0.3, -0.25) is 18.5 Å². The second kappa shape index (κ2) is 7.61. The van der Waals surface area contributed by atoms with Crippen LogP contribution in [0.3, 0.4) is 0 Å². The number of nitrogens with zero attached hydrogens (tertiary/aromatic N) is 6. The highest BCUT2D eigenvalue weighted by molar-refractivity contribution is 5.77. The van der Waals surface area contributed by atoms with E-state index in [4.69, 9.17) is 0 Å². The molecule has 2 aromatic heterocycles. The van der Waals surface area contributed by atoms with E-state index in [2.05, 4.69) is 4.98 Å². The quantitative estimate of drug-likeness (QED) is 0.512. The Hall–Kier alpha value is -4.12. The molecule has 8 nitrogen and oxygen atoms in total. The van der Waals surface area contributed by atoms with Gasteiger partial charge in [-0.15, -0.1) is 0 Å². The van der Waals surface area contributed by atoms with Crippen LogP contribution in [-0.4, -0.2) is 25.7 Å². The molecule has 0 saturated carbocycles. The van der Waals surface area contributed by atoms with E-state index in [1.807, 2.05) is 66.1 Å². The minimum absolute atomic E-state index is 0.0551. The van der Waals surface area contributed by atoms with E-state index in [0.717, 1.165) is 26.9 Å². The van der Waals surface area contributed by atoms with Crippen LogP contribution in [0.15, 0.2) is 64.4 Å². The fourth-order valence-electron chi connectivity index (χ4n) is 3.83. The van der Waals surface area contributed by atoms with Crippen molar-refractivity contribution in [2.75, 3.05) is 11.9 Å². The number of rotatable bonds is 4. The minimum Gasteiger partial charge on any atom is -0.353 e. The predicted molar refractivity (Wildman–Crippen MR) is 120 cm³/mol. The molecular weight excluding hydrogens is 392 g/mol. The Morgan fingerprint density at radius 1 is 1.03 bits per heavy atom. The summed E-state index contributed by atoms with van der Waals surface area (Å²) in [7, 11) is 4.71. The third kappa shape index (κ3) is 3.20. The molecule has 0 bridgehead atoms. The van der Waals surface area contributed by atoms with Crippen molar-refractivity contribution < 1.29 is 0 Å².